The number of hydrogen-bond acceptors (Lipinski definition) is 3. The molecule has 76 valence electrons. The van der Waals surface area contributed by atoms with Crippen molar-refractivity contribution in [3.63, 3.8) is 0 Å². The lowest BCUT2D eigenvalue weighted by Crippen LogP contribution is -2.30. The monoisotopic (exact) mass is 192 g/mol. The van der Waals surface area contributed by atoms with Crippen LogP contribution in [0.2, 0.25) is 0 Å². The Balaban J connectivity index is 2.73. The minimum Gasteiger partial charge on any atom is -0.333 e. The molecule has 4 nitrogen and oxygen atoms in total. The quantitative estimate of drug-likeness (QED) is 0.652. The minimum absolute atomic E-state index is 0.0912. The van der Waals surface area contributed by atoms with Gasteiger partial charge >= 0.3 is 0 Å². The molecule has 1 atom stereocenters. The molecule has 0 radical (unpaired) electrons. The van der Waals surface area contributed by atoms with Crippen molar-refractivity contribution < 1.29 is 0 Å². The topological polar surface area (TPSA) is 55.9 Å². The number of hydrogen-bond donors (Lipinski definition) is 2. The van der Waals surface area contributed by atoms with Gasteiger partial charge in [-0.05, 0) is 6.92 Å². The van der Waals surface area contributed by atoms with Gasteiger partial charge in [-0.2, -0.15) is 0 Å². The van der Waals surface area contributed by atoms with Crippen molar-refractivity contribution in [2.24, 2.45) is 5.73 Å². The smallest absolute Gasteiger partial charge is 0.0948 e. The Bertz CT molecular complexity index is 310. The molecule has 1 rings (SSSR count). The predicted octanol–water partition coefficient (Wildman–Crippen LogP) is 0.126. The molecule has 0 fully saturated rings. The first-order chi connectivity index (χ1) is 6.83. The van der Waals surface area contributed by atoms with E-state index in [1.165, 1.54) is 0 Å². The molecule has 0 aliphatic rings. The minimum atomic E-state index is 0.0912. The zero-order chi connectivity index (χ0) is 10.4. The van der Waals surface area contributed by atoms with E-state index in [9.17, 15) is 0 Å². The van der Waals surface area contributed by atoms with Crippen LogP contribution in [0.5, 0.6) is 0 Å². The average molecular weight is 192 g/mol. The maximum absolute atomic E-state index is 5.66. The third-order valence-corrected chi connectivity index (χ3v) is 2.13. The van der Waals surface area contributed by atoms with E-state index in [1.54, 1.807) is 6.33 Å². The average Bonchev–Trinajstić information content (AvgIpc) is 2.67. The van der Waals surface area contributed by atoms with E-state index in [-0.39, 0.29) is 6.04 Å². The van der Waals surface area contributed by atoms with Crippen LogP contribution in [0.25, 0.3) is 0 Å². The Morgan fingerprint density at radius 1 is 1.79 bits per heavy atom. The van der Waals surface area contributed by atoms with Crippen molar-refractivity contribution in [2.75, 3.05) is 13.1 Å². The third kappa shape index (κ3) is 2.34. The molecule has 3 N–H and O–H groups in total. The van der Waals surface area contributed by atoms with Crippen molar-refractivity contribution in [3.05, 3.63) is 18.2 Å². The van der Waals surface area contributed by atoms with Gasteiger partial charge in [0, 0.05) is 19.3 Å². The predicted molar refractivity (Wildman–Crippen MR) is 56.5 cm³/mol. The molecule has 1 heterocycles. The molecule has 0 saturated heterocycles. The first-order valence-corrected chi connectivity index (χ1v) is 4.70. The van der Waals surface area contributed by atoms with E-state index in [4.69, 9.17) is 12.2 Å². The first-order valence-electron chi connectivity index (χ1n) is 4.70. The van der Waals surface area contributed by atoms with Crippen LogP contribution in [0.1, 0.15) is 18.7 Å². The molecule has 0 saturated carbocycles. The summed E-state index contributed by atoms with van der Waals surface area (Å²) in [5.41, 5.74) is 6.74. The van der Waals surface area contributed by atoms with E-state index in [1.807, 2.05) is 6.20 Å². The van der Waals surface area contributed by atoms with Gasteiger partial charge in [0.05, 0.1) is 24.6 Å². The van der Waals surface area contributed by atoms with Gasteiger partial charge in [0.15, 0.2) is 0 Å². The lowest BCUT2D eigenvalue weighted by atomic mass is 10.2. The lowest BCUT2D eigenvalue weighted by molar-refractivity contribution is 0.534. The Morgan fingerprint density at radius 2 is 2.57 bits per heavy atom. The number of nitrogens with one attached hydrogen (secondary N) is 1. The van der Waals surface area contributed by atoms with Crippen molar-refractivity contribution in [3.8, 4) is 12.3 Å². The molecule has 0 aromatic carbocycles. The van der Waals surface area contributed by atoms with Crippen LogP contribution in [-0.2, 0) is 6.54 Å². The SMILES string of the molecule is C#CCNC(CN)c1cncn1CC. The Kier molecular flexibility index (Phi) is 4.17. The fourth-order valence-electron chi connectivity index (χ4n) is 1.38. The number of imidazole rings is 1. The van der Waals surface area contributed by atoms with E-state index in [0.29, 0.717) is 13.1 Å². The van der Waals surface area contributed by atoms with Gasteiger partial charge in [-0.1, -0.05) is 5.92 Å². The van der Waals surface area contributed by atoms with Gasteiger partial charge in [0.25, 0.3) is 0 Å². The summed E-state index contributed by atoms with van der Waals surface area (Å²) < 4.78 is 2.06. The molecule has 1 unspecified atom stereocenters. The summed E-state index contributed by atoms with van der Waals surface area (Å²) >= 11 is 0. The Labute approximate surface area is 84.5 Å². The molecule has 14 heavy (non-hydrogen) atoms. The highest BCUT2D eigenvalue weighted by Crippen LogP contribution is 2.10. The highest BCUT2D eigenvalue weighted by atomic mass is 15.1. The maximum atomic E-state index is 5.66. The van der Waals surface area contributed by atoms with Crippen LogP contribution in [0.15, 0.2) is 12.5 Å². The summed E-state index contributed by atoms with van der Waals surface area (Å²) in [6.45, 7) is 4.01. The fourth-order valence-corrected chi connectivity index (χ4v) is 1.38. The van der Waals surface area contributed by atoms with E-state index in [0.717, 1.165) is 12.2 Å². The summed E-state index contributed by atoms with van der Waals surface area (Å²) in [5.74, 6) is 2.54. The van der Waals surface area contributed by atoms with Crippen LogP contribution in [0.4, 0.5) is 0 Å². The van der Waals surface area contributed by atoms with E-state index in [2.05, 4.69) is 27.7 Å². The van der Waals surface area contributed by atoms with Crippen LogP contribution < -0.4 is 11.1 Å². The van der Waals surface area contributed by atoms with Crippen LogP contribution in [0, 0.1) is 12.3 Å². The normalized spacial score (nSPS) is 12.4. The number of rotatable bonds is 5. The van der Waals surface area contributed by atoms with Crippen molar-refractivity contribution in [2.45, 2.75) is 19.5 Å². The van der Waals surface area contributed by atoms with Gasteiger partial charge in [-0.25, -0.2) is 4.98 Å². The summed E-state index contributed by atoms with van der Waals surface area (Å²) in [7, 11) is 0. The van der Waals surface area contributed by atoms with Gasteiger partial charge in [-0.3, -0.25) is 5.32 Å². The van der Waals surface area contributed by atoms with Gasteiger partial charge in [-0.15, -0.1) is 6.42 Å². The van der Waals surface area contributed by atoms with Crippen molar-refractivity contribution in [1.29, 1.82) is 0 Å². The second kappa shape index (κ2) is 5.43. The second-order valence-corrected chi connectivity index (χ2v) is 2.98. The van der Waals surface area contributed by atoms with Gasteiger partial charge in [0.1, 0.15) is 0 Å². The summed E-state index contributed by atoms with van der Waals surface area (Å²) in [6.07, 6.45) is 8.80. The second-order valence-electron chi connectivity index (χ2n) is 2.98. The molecule has 4 heteroatoms. The summed E-state index contributed by atoms with van der Waals surface area (Å²) in [6, 6.07) is 0.0912. The molecule has 0 amide bonds. The first kappa shape index (κ1) is 10.8. The summed E-state index contributed by atoms with van der Waals surface area (Å²) in [4.78, 5) is 4.09. The fraction of sp³-hybridized carbons (Fsp3) is 0.500. The number of terminal acetylenes is 1. The summed E-state index contributed by atoms with van der Waals surface area (Å²) in [5, 5.41) is 3.17. The standard InChI is InChI=1S/C10H16N4/c1-3-5-13-9(6-11)10-7-12-8-14(10)4-2/h1,7-9,13H,4-6,11H2,2H3. The van der Waals surface area contributed by atoms with Crippen molar-refractivity contribution >= 4 is 0 Å². The molecule has 0 spiro atoms. The third-order valence-electron chi connectivity index (χ3n) is 2.13. The van der Waals surface area contributed by atoms with E-state index < -0.39 is 0 Å². The highest BCUT2D eigenvalue weighted by molar-refractivity contribution is 5.07. The Hall–Kier alpha value is -1.31. The molecule has 0 aliphatic heterocycles. The van der Waals surface area contributed by atoms with E-state index >= 15 is 0 Å². The molecular weight excluding hydrogens is 176 g/mol. The largest absolute Gasteiger partial charge is 0.333 e. The number of nitrogens with zero attached hydrogens (tertiary/aromatic N) is 2. The molecule has 1 aromatic heterocycles. The zero-order valence-corrected chi connectivity index (χ0v) is 8.40. The number of aryl methyl sites for hydroxylation is 1. The van der Waals surface area contributed by atoms with Gasteiger partial charge < -0.3 is 10.3 Å². The molecule has 0 bridgehead atoms. The number of aromatic nitrogens is 2. The number of nitrogens with two attached hydrogens (primary N) is 1. The molecule has 0 aliphatic carbocycles. The highest BCUT2D eigenvalue weighted by Gasteiger charge is 2.12. The van der Waals surface area contributed by atoms with Crippen LogP contribution in [0.3, 0.4) is 0 Å². The lowest BCUT2D eigenvalue weighted by Gasteiger charge is -2.16. The molecule has 1 aromatic rings. The molecular formula is C10H16N4. The van der Waals surface area contributed by atoms with Crippen LogP contribution in [-0.4, -0.2) is 22.6 Å². The Morgan fingerprint density at radius 3 is 3.14 bits per heavy atom. The van der Waals surface area contributed by atoms with Gasteiger partial charge in [0.2, 0.25) is 0 Å². The van der Waals surface area contributed by atoms with Crippen LogP contribution >= 0.6 is 0 Å². The zero-order valence-electron chi connectivity index (χ0n) is 8.40. The maximum Gasteiger partial charge on any atom is 0.0948 e. The van der Waals surface area contributed by atoms with Crippen molar-refractivity contribution in [1.82, 2.24) is 14.9 Å².